The van der Waals surface area contributed by atoms with Gasteiger partial charge in [-0.2, -0.15) is 5.10 Å². The van der Waals surface area contributed by atoms with Crippen molar-refractivity contribution in [2.75, 3.05) is 6.26 Å². The van der Waals surface area contributed by atoms with E-state index in [4.69, 9.17) is 14.8 Å². The molecule has 0 fully saturated rings. The van der Waals surface area contributed by atoms with Gasteiger partial charge in [0.2, 0.25) is 0 Å². The van der Waals surface area contributed by atoms with Gasteiger partial charge < -0.3 is 4.74 Å². The quantitative estimate of drug-likeness (QED) is 0.150. The summed E-state index contributed by atoms with van der Waals surface area (Å²) in [5, 5.41) is 7.10. The summed E-state index contributed by atoms with van der Waals surface area (Å²) in [5.74, 6) is 2.97. The van der Waals surface area contributed by atoms with Crippen LogP contribution in [0.15, 0.2) is 114 Å². The Hall–Kier alpha value is -4.81. The number of aryl methyl sites for hydroxylation is 2. The summed E-state index contributed by atoms with van der Waals surface area (Å²) < 4.78 is 10.6. The molecule has 0 N–H and O–H groups in total. The van der Waals surface area contributed by atoms with Crippen LogP contribution in [0.1, 0.15) is 49.3 Å². The van der Waals surface area contributed by atoms with Gasteiger partial charge >= 0.3 is 0 Å². The van der Waals surface area contributed by atoms with Crippen molar-refractivity contribution in [2.24, 2.45) is 0 Å². The van der Waals surface area contributed by atoms with Gasteiger partial charge in [-0.15, -0.1) is 11.8 Å². The second-order valence-electron chi connectivity index (χ2n) is 12.1. The molecule has 3 aromatic heterocycles. The van der Waals surface area contributed by atoms with Crippen molar-refractivity contribution in [3.63, 3.8) is 0 Å². The Morgan fingerprint density at radius 1 is 0.826 bits per heavy atom. The molecule has 0 bridgehead atoms. The average molecular weight is 623 g/mol. The smallest absolute Gasteiger partial charge is 0.138 e. The van der Waals surface area contributed by atoms with Crippen molar-refractivity contribution in [2.45, 2.75) is 51.3 Å². The predicted octanol–water partition coefficient (Wildman–Crippen LogP) is 11.1. The number of hydrogen-bond acceptors (Lipinski definition) is 4. The molecule has 5 nitrogen and oxygen atoms in total. The molecule has 0 saturated heterocycles. The van der Waals surface area contributed by atoms with Crippen LogP contribution in [0, 0.1) is 13.8 Å². The summed E-state index contributed by atoms with van der Waals surface area (Å²) in [4.78, 5) is 5.91. The highest BCUT2D eigenvalue weighted by atomic mass is 32.2. The van der Waals surface area contributed by atoms with Crippen LogP contribution in [-0.4, -0.2) is 25.6 Å². The summed E-state index contributed by atoms with van der Waals surface area (Å²) in [5.41, 5.74) is 9.49. The van der Waals surface area contributed by atoms with E-state index in [1.807, 2.05) is 47.4 Å². The molecule has 0 aliphatic heterocycles. The van der Waals surface area contributed by atoms with Gasteiger partial charge in [0.05, 0.1) is 22.9 Å². The zero-order chi connectivity index (χ0) is 31.8. The van der Waals surface area contributed by atoms with E-state index in [1.54, 1.807) is 11.8 Å². The van der Waals surface area contributed by atoms with E-state index in [2.05, 4.69) is 105 Å². The lowest BCUT2D eigenvalue weighted by molar-refractivity contribution is 0.483. The summed E-state index contributed by atoms with van der Waals surface area (Å²) in [6, 6.07) is 31.7. The number of nitrogens with zero attached hydrogens (tertiary/aromatic N) is 4. The maximum absolute atomic E-state index is 6.49. The zero-order valence-corrected chi connectivity index (χ0v) is 27.8. The molecule has 0 aliphatic carbocycles. The van der Waals surface area contributed by atoms with Crippen LogP contribution in [0.2, 0.25) is 0 Å². The maximum Gasteiger partial charge on any atom is 0.138 e. The van der Waals surface area contributed by atoms with Gasteiger partial charge in [0.1, 0.15) is 17.3 Å². The molecular formula is C40H38N4OS. The van der Waals surface area contributed by atoms with Crippen molar-refractivity contribution in [3.05, 3.63) is 126 Å². The van der Waals surface area contributed by atoms with E-state index in [0.717, 1.165) is 45.0 Å². The number of rotatable bonds is 9. The summed E-state index contributed by atoms with van der Waals surface area (Å²) in [7, 11) is 0. The molecule has 0 radical (unpaired) electrons. The van der Waals surface area contributed by atoms with Gasteiger partial charge in [0.15, 0.2) is 0 Å². The molecule has 0 aliphatic rings. The van der Waals surface area contributed by atoms with Crippen LogP contribution in [0.5, 0.6) is 11.5 Å². The summed E-state index contributed by atoms with van der Waals surface area (Å²) in [6.45, 7) is 9.00. The number of fused-ring (bicyclic) bond motifs is 3. The molecule has 0 amide bonds. The van der Waals surface area contributed by atoms with Crippen molar-refractivity contribution in [1.82, 2.24) is 19.3 Å². The Balaban J connectivity index is 1.20. The van der Waals surface area contributed by atoms with Crippen molar-refractivity contribution >= 4 is 33.6 Å². The highest BCUT2D eigenvalue weighted by Crippen LogP contribution is 2.36. The lowest BCUT2D eigenvalue weighted by Gasteiger charge is -2.16. The highest BCUT2D eigenvalue weighted by Gasteiger charge is 2.16. The normalized spacial score (nSPS) is 12.2. The van der Waals surface area contributed by atoms with E-state index in [-0.39, 0.29) is 0 Å². The van der Waals surface area contributed by atoms with Crippen LogP contribution in [0.4, 0.5) is 0 Å². The number of para-hydroxylation sites is 1. The molecule has 3 heterocycles. The zero-order valence-electron chi connectivity index (χ0n) is 27.0. The molecule has 6 heteroatoms. The van der Waals surface area contributed by atoms with E-state index in [1.165, 1.54) is 45.4 Å². The van der Waals surface area contributed by atoms with Gasteiger partial charge in [0.25, 0.3) is 0 Å². The molecule has 230 valence electrons. The number of aromatic nitrogens is 4. The number of pyridine rings is 1. The Kier molecular flexibility index (Phi) is 8.14. The molecule has 46 heavy (non-hydrogen) atoms. The standard InChI is InChI=1S/C40H38N4OS/c1-6-10-26(2)29-19-27(3)40(28(4)20-29)30-24-42-43(25-30)31-11-9-12-32(21-31)45-33-15-16-36-35-13-7-8-14-37(35)44(38(36)22-33)39-23-34(46-5)17-18-41-39/h7-9,11-26H,6,10H2,1-5H3. The third-order valence-corrected chi connectivity index (χ3v) is 9.59. The van der Waals surface area contributed by atoms with Crippen LogP contribution >= 0.6 is 11.8 Å². The van der Waals surface area contributed by atoms with Gasteiger partial charge in [-0.25, -0.2) is 9.67 Å². The highest BCUT2D eigenvalue weighted by molar-refractivity contribution is 7.98. The third-order valence-electron chi connectivity index (χ3n) is 8.86. The number of ether oxygens (including phenoxy) is 1. The summed E-state index contributed by atoms with van der Waals surface area (Å²) in [6.07, 6.45) is 10.4. The predicted molar refractivity (Wildman–Crippen MR) is 192 cm³/mol. The summed E-state index contributed by atoms with van der Waals surface area (Å²) >= 11 is 1.71. The second-order valence-corrected chi connectivity index (χ2v) is 13.0. The van der Waals surface area contributed by atoms with E-state index < -0.39 is 0 Å². The minimum absolute atomic E-state index is 0.564. The number of thioether (sulfide) groups is 1. The fraction of sp³-hybridized carbons (Fsp3) is 0.200. The first-order valence-electron chi connectivity index (χ1n) is 15.9. The van der Waals surface area contributed by atoms with Crippen molar-refractivity contribution in [3.8, 4) is 34.1 Å². The first kappa shape index (κ1) is 29.9. The van der Waals surface area contributed by atoms with Gasteiger partial charge in [-0.3, -0.25) is 4.57 Å². The van der Waals surface area contributed by atoms with Gasteiger partial charge in [0, 0.05) is 45.8 Å². The van der Waals surface area contributed by atoms with Gasteiger partial charge in [-0.05, 0) is 97.2 Å². The van der Waals surface area contributed by atoms with Crippen LogP contribution in [0.25, 0.3) is 44.4 Å². The van der Waals surface area contributed by atoms with Crippen LogP contribution in [-0.2, 0) is 0 Å². The first-order chi connectivity index (χ1) is 22.4. The van der Waals surface area contributed by atoms with Crippen molar-refractivity contribution in [1.29, 1.82) is 0 Å². The topological polar surface area (TPSA) is 44.9 Å². The SMILES string of the molecule is CCCC(C)c1cc(C)c(-c2cnn(-c3cccc(Oc4ccc5c6ccccc6n(-c6cc(SC)ccn6)c5c4)c3)c2)c(C)c1. The lowest BCUT2D eigenvalue weighted by atomic mass is 9.89. The molecular weight excluding hydrogens is 585 g/mol. The fourth-order valence-corrected chi connectivity index (χ4v) is 7.09. The van der Waals surface area contributed by atoms with E-state index in [9.17, 15) is 0 Å². The Morgan fingerprint density at radius 3 is 2.41 bits per heavy atom. The Bertz CT molecular complexity index is 2170. The van der Waals surface area contributed by atoms with Crippen LogP contribution in [0.3, 0.4) is 0 Å². The monoisotopic (exact) mass is 622 g/mol. The maximum atomic E-state index is 6.49. The molecule has 7 aromatic rings. The molecule has 7 rings (SSSR count). The molecule has 0 spiro atoms. The minimum atomic E-state index is 0.564. The second kappa shape index (κ2) is 12.5. The largest absolute Gasteiger partial charge is 0.457 e. The fourth-order valence-electron chi connectivity index (χ4n) is 6.66. The molecule has 1 unspecified atom stereocenters. The van der Waals surface area contributed by atoms with E-state index >= 15 is 0 Å². The van der Waals surface area contributed by atoms with E-state index in [0.29, 0.717) is 5.92 Å². The third kappa shape index (κ3) is 5.58. The molecule has 0 saturated carbocycles. The Morgan fingerprint density at radius 2 is 1.61 bits per heavy atom. The lowest BCUT2D eigenvalue weighted by Crippen LogP contribution is -1.98. The first-order valence-corrected chi connectivity index (χ1v) is 17.1. The van der Waals surface area contributed by atoms with Crippen LogP contribution < -0.4 is 4.74 Å². The van der Waals surface area contributed by atoms with Crippen molar-refractivity contribution < 1.29 is 4.74 Å². The Labute approximate surface area is 274 Å². The minimum Gasteiger partial charge on any atom is -0.457 e. The number of benzene rings is 4. The average Bonchev–Trinajstić information content (AvgIpc) is 3.68. The molecule has 1 atom stereocenters. The molecule has 4 aromatic carbocycles. The number of hydrogen-bond donors (Lipinski definition) is 0. The van der Waals surface area contributed by atoms with Gasteiger partial charge in [-0.1, -0.05) is 56.7 Å².